The fourth-order valence-electron chi connectivity index (χ4n) is 2.98. The van der Waals surface area contributed by atoms with Gasteiger partial charge in [-0.1, -0.05) is 42.0 Å². The van der Waals surface area contributed by atoms with Crippen LogP contribution in [-0.4, -0.2) is 15.9 Å². The molecule has 0 bridgehead atoms. The van der Waals surface area contributed by atoms with Crippen molar-refractivity contribution in [3.05, 3.63) is 87.9 Å². The molecule has 1 aromatic heterocycles. The number of primary amides is 1. The summed E-state index contributed by atoms with van der Waals surface area (Å²) >= 11 is 0. The van der Waals surface area contributed by atoms with Gasteiger partial charge in [0.15, 0.2) is 0 Å². The zero-order chi connectivity index (χ0) is 19.4. The van der Waals surface area contributed by atoms with E-state index in [2.05, 4.69) is 46.5 Å². The van der Waals surface area contributed by atoms with E-state index in [0.717, 1.165) is 34.9 Å². The quantitative estimate of drug-likeness (QED) is 0.702. The molecule has 0 aliphatic rings. The smallest absolute Gasteiger partial charge is 0.248 e. The lowest BCUT2D eigenvalue weighted by atomic mass is 10.0. The van der Waals surface area contributed by atoms with Gasteiger partial charge in [0.2, 0.25) is 5.91 Å². The zero-order valence-electron chi connectivity index (χ0n) is 15.9. The Kier molecular flexibility index (Phi) is 5.50. The van der Waals surface area contributed by atoms with Gasteiger partial charge in [-0.15, -0.1) is 0 Å². The molecule has 0 unspecified atom stereocenters. The number of aromatic nitrogens is 2. The maximum Gasteiger partial charge on any atom is 0.248 e. The maximum absolute atomic E-state index is 11.2. The van der Waals surface area contributed by atoms with Crippen LogP contribution in [-0.2, 0) is 13.0 Å². The monoisotopic (exact) mass is 360 g/mol. The van der Waals surface area contributed by atoms with Crippen molar-refractivity contribution in [1.82, 2.24) is 9.97 Å². The second kappa shape index (κ2) is 7.99. The number of nitrogens with one attached hydrogen (secondary N) is 1. The summed E-state index contributed by atoms with van der Waals surface area (Å²) in [6, 6.07) is 15.8. The summed E-state index contributed by atoms with van der Waals surface area (Å²) < 4.78 is 0. The Morgan fingerprint density at radius 3 is 2.19 bits per heavy atom. The zero-order valence-corrected chi connectivity index (χ0v) is 15.9. The third kappa shape index (κ3) is 4.70. The van der Waals surface area contributed by atoms with Crippen molar-refractivity contribution < 1.29 is 4.79 Å². The SMILES string of the molecule is Cc1ccc(Cc2c(C)nc(C)nc2NCc2ccc(C(N)=O)cc2)cc1. The van der Waals surface area contributed by atoms with Gasteiger partial charge in [0.05, 0.1) is 0 Å². The van der Waals surface area contributed by atoms with Crippen molar-refractivity contribution in [2.75, 3.05) is 5.32 Å². The Morgan fingerprint density at radius 2 is 1.56 bits per heavy atom. The minimum absolute atomic E-state index is 0.419. The Labute approximate surface area is 159 Å². The Hall–Kier alpha value is -3.21. The lowest BCUT2D eigenvalue weighted by molar-refractivity contribution is 0.100. The van der Waals surface area contributed by atoms with Crippen molar-refractivity contribution in [2.45, 2.75) is 33.7 Å². The van der Waals surface area contributed by atoms with Crippen LogP contribution in [0.2, 0.25) is 0 Å². The van der Waals surface area contributed by atoms with Crippen molar-refractivity contribution >= 4 is 11.7 Å². The molecule has 0 radical (unpaired) electrons. The molecule has 3 aromatic rings. The molecule has 0 aliphatic carbocycles. The van der Waals surface area contributed by atoms with Crippen molar-refractivity contribution in [2.24, 2.45) is 5.73 Å². The fourth-order valence-corrected chi connectivity index (χ4v) is 2.98. The number of aryl methyl sites for hydroxylation is 3. The van der Waals surface area contributed by atoms with Crippen LogP contribution >= 0.6 is 0 Å². The number of nitrogens with two attached hydrogens (primary N) is 1. The predicted octanol–water partition coefficient (Wildman–Crippen LogP) is 3.70. The average molecular weight is 360 g/mol. The van der Waals surface area contributed by atoms with E-state index >= 15 is 0 Å². The van der Waals surface area contributed by atoms with Crippen LogP contribution < -0.4 is 11.1 Å². The van der Waals surface area contributed by atoms with Crippen LogP contribution in [0.1, 0.15) is 44.1 Å². The van der Waals surface area contributed by atoms with Crippen molar-refractivity contribution in [3.63, 3.8) is 0 Å². The standard InChI is InChI=1S/C22H24N4O/c1-14-4-6-17(7-5-14)12-20-15(2)25-16(3)26-22(20)24-13-18-8-10-19(11-9-18)21(23)27/h4-11H,12-13H2,1-3H3,(H2,23,27)(H,24,25,26). The highest BCUT2D eigenvalue weighted by molar-refractivity contribution is 5.92. The summed E-state index contributed by atoms with van der Waals surface area (Å²) in [5.74, 6) is 1.17. The Morgan fingerprint density at radius 1 is 0.926 bits per heavy atom. The molecule has 138 valence electrons. The number of hydrogen-bond acceptors (Lipinski definition) is 4. The number of hydrogen-bond donors (Lipinski definition) is 2. The van der Waals surface area contributed by atoms with Crippen molar-refractivity contribution in [3.8, 4) is 0 Å². The number of anilines is 1. The summed E-state index contributed by atoms with van der Waals surface area (Å²) in [5, 5.41) is 3.42. The molecule has 0 saturated carbocycles. The van der Waals surface area contributed by atoms with Crippen LogP contribution in [0.25, 0.3) is 0 Å². The third-order valence-corrected chi connectivity index (χ3v) is 4.53. The van der Waals surface area contributed by atoms with E-state index in [1.54, 1.807) is 12.1 Å². The molecule has 0 atom stereocenters. The number of amides is 1. The van der Waals surface area contributed by atoms with Gasteiger partial charge in [-0.2, -0.15) is 0 Å². The van der Waals surface area contributed by atoms with Crippen LogP contribution in [0, 0.1) is 20.8 Å². The second-order valence-electron chi connectivity index (χ2n) is 6.76. The molecular weight excluding hydrogens is 336 g/mol. The van der Waals surface area contributed by atoms with Crippen LogP contribution in [0.5, 0.6) is 0 Å². The Bertz CT molecular complexity index is 947. The summed E-state index contributed by atoms with van der Waals surface area (Å²) in [7, 11) is 0. The molecule has 1 amide bonds. The normalized spacial score (nSPS) is 10.6. The summed E-state index contributed by atoms with van der Waals surface area (Å²) in [6.07, 6.45) is 0.773. The molecule has 3 rings (SSSR count). The first-order valence-electron chi connectivity index (χ1n) is 8.94. The molecule has 1 heterocycles. The lowest BCUT2D eigenvalue weighted by Gasteiger charge is -2.14. The average Bonchev–Trinajstić information content (AvgIpc) is 2.64. The predicted molar refractivity (Wildman–Crippen MR) is 108 cm³/mol. The van der Waals surface area contributed by atoms with E-state index in [1.165, 1.54) is 11.1 Å². The summed E-state index contributed by atoms with van der Waals surface area (Å²) in [6.45, 7) is 6.61. The van der Waals surface area contributed by atoms with Crippen LogP contribution in [0.4, 0.5) is 5.82 Å². The van der Waals surface area contributed by atoms with Crippen LogP contribution in [0.3, 0.4) is 0 Å². The molecule has 0 spiro atoms. The first kappa shape index (κ1) is 18.6. The minimum atomic E-state index is -0.419. The van der Waals surface area contributed by atoms with Gasteiger partial charge < -0.3 is 11.1 Å². The van der Waals surface area contributed by atoms with E-state index in [-0.39, 0.29) is 0 Å². The van der Waals surface area contributed by atoms with E-state index < -0.39 is 5.91 Å². The molecular formula is C22H24N4O. The molecule has 27 heavy (non-hydrogen) atoms. The molecule has 5 nitrogen and oxygen atoms in total. The Balaban J connectivity index is 1.81. The lowest BCUT2D eigenvalue weighted by Crippen LogP contribution is -2.11. The van der Waals surface area contributed by atoms with Gasteiger partial charge in [0.25, 0.3) is 0 Å². The third-order valence-electron chi connectivity index (χ3n) is 4.53. The first-order valence-corrected chi connectivity index (χ1v) is 8.94. The number of benzene rings is 2. The summed E-state index contributed by atoms with van der Waals surface area (Å²) in [5.41, 5.74) is 11.4. The topological polar surface area (TPSA) is 80.9 Å². The van der Waals surface area contributed by atoms with E-state index in [1.807, 2.05) is 26.0 Å². The number of carbonyl (C=O) groups is 1. The maximum atomic E-state index is 11.2. The molecule has 3 N–H and O–H groups in total. The molecule has 0 saturated heterocycles. The highest BCUT2D eigenvalue weighted by Crippen LogP contribution is 2.21. The highest BCUT2D eigenvalue weighted by atomic mass is 16.1. The number of carbonyl (C=O) groups excluding carboxylic acids is 1. The molecule has 5 heteroatoms. The van der Waals surface area contributed by atoms with E-state index in [4.69, 9.17) is 5.73 Å². The van der Waals surface area contributed by atoms with E-state index in [9.17, 15) is 4.79 Å². The second-order valence-corrected chi connectivity index (χ2v) is 6.76. The first-order chi connectivity index (χ1) is 12.9. The van der Waals surface area contributed by atoms with Gasteiger partial charge in [0.1, 0.15) is 11.6 Å². The van der Waals surface area contributed by atoms with Crippen LogP contribution in [0.15, 0.2) is 48.5 Å². The van der Waals surface area contributed by atoms with Gasteiger partial charge in [-0.05, 0) is 44.0 Å². The molecule has 2 aromatic carbocycles. The summed E-state index contributed by atoms with van der Waals surface area (Å²) in [4.78, 5) is 20.3. The molecule has 0 fully saturated rings. The van der Waals surface area contributed by atoms with Gasteiger partial charge in [-0.3, -0.25) is 4.79 Å². The number of rotatable bonds is 6. The fraction of sp³-hybridized carbons (Fsp3) is 0.227. The van der Waals surface area contributed by atoms with Gasteiger partial charge in [0, 0.05) is 29.8 Å². The molecule has 0 aliphatic heterocycles. The van der Waals surface area contributed by atoms with E-state index in [0.29, 0.717) is 12.1 Å². The largest absolute Gasteiger partial charge is 0.366 e. The van der Waals surface area contributed by atoms with Gasteiger partial charge in [-0.25, -0.2) is 9.97 Å². The number of nitrogens with zero attached hydrogens (tertiary/aromatic N) is 2. The minimum Gasteiger partial charge on any atom is -0.366 e. The van der Waals surface area contributed by atoms with Crippen molar-refractivity contribution in [1.29, 1.82) is 0 Å². The highest BCUT2D eigenvalue weighted by Gasteiger charge is 2.11. The van der Waals surface area contributed by atoms with Gasteiger partial charge >= 0.3 is 0 Å².